The van der Waals surface area contributed by atoms with Gasteiger partial charge >= 0.3 is 0 Å². The van der Waals surface area contributed by atoms with Gasteiger partial charge in [0.2, 0.25) is 5.88 Å². The number of likely N-dealkylation sites (N-methyl/N-ethyl adjacent to an activating group) is 1. The molecule has 0 unspecified atom stereocenters. The van der Waals surface area contributed by atoms with Crippen molar-refractivity contribution in [3.8, 4) is 23.5 Å². The minimum Gasteiger partial charge on any atom is -0.497 e. The van der Waals surface area contributed by atoms with Gasteiger partial charge < -0.3 is 24.4 Å². The van der Waals surface area contributed by atoms with Crippen molar-refractivity contribution in [3.05, 3.63) is 88.9 Å². The summed E-state index contributed by atoms with van der Waals surface area (Å²) in [6, 6.07) is 14.2. The summed E-state index contributed by atoms with van der Waals surface area (Å²) in [6.45, 7) is 3.83. The van der Waals surface area contributed by atoms with Gasteiger partial charge in [-0.2, -0.15) is 0 Å². The molecule has 1 aliphatic heterocycles. The number of aliphatic hydroxyl groups excluding tert-OH is 1. The summed E-state index contributed by atoms with van der Waals surface area (Å²) in [4.78, 5) is 34.0. The zero-order chi connectivity index (χ0) is 28.8. The van der Waals surface area contributed by atoms with E-state index in [9.17, 15) is 19.1 Å². The first-order chi connectivity index (χ1) is 19.2. The molecule has 0 spiro atoms. The lowest BCUT2D eigenvalue weighted by molar-refractivity contribution is 0.0312. The van der Waals surface area contributed by atoms with Crippen molar-refractivity contribution in [3.63, 3.8) is 0 Å². The number of nitrogens with zero attached hydrogens (tertiary/aromatic N) is 3. The second-order valence-corrected chi connectivity index (χ2v) is 9.84. The Hall–Kier alpha value is -4.42. The molecule has 8 nitrogen and oxygen atoms in total. The Bertz CT molecular complexity index is 1430. The van der Waals surface area contributed by atoms with Gasteiger partial charge in [-0.1, -0.05) is 30.9 Å². The van der Waals surface area contributed by atoms with Crippen molar-refractivity contribution >= 4 is 11.8 Å². The number of methoxy groups -OCH3 is 1. The summed E-state index contributed by atoms with van der Waals surface area (Å²) >= 11 is 0. The molecule has 1 N–H and O–H groups in total. The second-order valence-electron chi connectivity index (χ2n) is 9.84. The highest BCUT2D eigenvalue weighted by molar-refractivity contribution is 5.97. The summed E-state index contributed by atoms with van der Waals surface area (Å²) in [7, 11) is 3.17. The van der Waals surface area contributed by atoms with Gasteiger partial charge in [0.05, 0.1) is 31.9 Å². The zero-order valence-electron chi connectivity index (χ0n) is 22.9. The topological polar surface area (TPSA) is 92.2 Å². The molecule has 2 heterocycles. The van der Waals surface area contributed by atoms with Crippen LogP contribution in [0.25, 0.3) is 0 Å². The third-order valence-electron chi connectivity index (χ3n) is 6.87. The molecular formula is C31H32FN3O5. The van der Waals surface area contributed by atoms with E-state index in [4.69, 9.17) is 9.47 Å². The molecule has 0 radical (unpaired) electrons. The van der Waals surface area contributed by atoms with E-state index < -0.39 is 23.9 Å². The van der Waals surface area contributed by atoms with Gasteiger partial charge in [-0.05, 0) is 49.4 Å². The maximum atomic E-state index is 14.3. The second kappa shape index (κ2) is 12.6. The molecule has 208 valence electrons. The van der Waals surface area contributed by atoms with Crippen LogP contribution in [0, 0.1) is 23.6 Å². The highest BCUT2D eigenvalue weighted by Crippen LogP contribution is 2.27. The van der Waals surface area contributed by atoms with E-state index in [0.29, 0.717) is 5.56 Å². The van der Waals surface area contributed by atoms with Crippen LogP contribution in [-0.4, -0.2) is 77.7 Å². The van der Waals surface area contributed by atoms with E-state index in [-0.39, 0.29) is 48.5 Å². The van der Waals surface area contributed by atoms with Crippen LogP contribution >= 0.6 is 0 Å². The first kappa shape index (κ1) is 28.6. The van der Waals surface area contributed by atoms with Crippen molar-refractivity contribution in [1.82, 2.24) is 14.8 Å². The molecule has 0 aliphatic carbocycles. The molecule has 0 fully saturated rings. The number of benzene rings is 2. The summed E-state index contributed by atoms with van der Waals surface area (Å²) in [5, 5.41) is 9.88. The lowest BCUT2D eigenvalue weighted by Crippen LogP contribution is -2.50. The quantitative estimate of drug-likeness (QED) is 0.476. The van der Waals surface area contributed by atoms with Gasteiger partial charge in [-0.15, -0.1) is 0 Å². The smallest absolute Gasteiger partial charge is 0.259 e. The van der Waals surface area contributed by atoms with Crippen molar-refractivity contribution in [2.75, 3.05) is 33.9 Å². The van der Waals surface area contributed by atoms with Crippen LogP contribution in [0.4, 0.5) is 4.39 Å². The molecule has 0 saturated carbocycles. The van der Waals surface area contributed by atoms with Gasteiger partial charge in [0, 0.05) is 36.8 Å². The van der Waals surface area contributed by atoms with Crippen molar-refractivity contribution in [1.29, 1.82) is 0 Å². The molecule has 2 aromatic carbocycles. The van der Waals surface area contributed by atoms with Crippen molar-refractivity contribution in [2.45, 2.75) is 26.0 Å². The van der Waals surface area contributed by atoms with Crippen LogP contribution in [-0.2, 0) is 0 Å². The minimum atomic E-state index is -0.602. The van der Waals surface area contributed by atoms with E-state index in [0.717, 1.165) is 11.3 Å². The number of halogens is 1. The molecule has 0 saturated heterocycles. The van der Waals surface area contributed by atoms with E-state index >= 15 is 0 Å². The number of hydrogen-bond acceptors (Lipinski definition) is 6. The number of carbonyl (C=O) groups is 2. The maximum absolute atomic E-state index is 14.3. The molecule has 0 bridgehead atoms. The highest BCUT2D eigenvalue weighted by atomic mass is 19.1. The number of pyridine rings is 1. The first-order valence-corrected chi connectivity index (χ1v) is 13.0. The predicted molar refractivity (Wildman–Crippen MR) is 148 cm³/mol. The SMILES string of the molecule is COc1ccc(C#Cc2cnc3c(c2)C(=O)N([C@@H](C)CO)C[C@H](C)[C@H](CN(C)C(=O)c2ccccc2F)O3)cc1. The molecule has 9 heteroatoms. The van der Waals surface area contributed by atoms with Gasteiger partial charge in [-0.3, -0.25) is 9.59 Å². The fraction of sp³-hybridized carbons (Fsp3) is 0.323. The van der Waals surface area contributed by atoms with Crippen LogP contribution in [0.2, 0.25) is 0 Å². The number of aliphatic hydroxyl groups is 1. The fourth-order valence-electron chi connectivity index (χ4n) is 4.40. The van der Waals surface area contributed by atoms with Crippen LogP contribution < -0.4 is 9.47 Å². The summed E-state index contributed by atoms with van der Waals surface area (Å²) in [5.74, 6) is 5.27. The monoisotopic (exact) mass is 545 g/mol. The predicted octanol–water partition coefficient (Wildman–Crippen LogP) is 3.62. The van der Waals surface area contributed by atoms with Crippen molar-refractivity contribution in [2.24, 2.45) is 5.92 Å². The van der Waals surface area contributed by atoms with Gasteiger partial charge in [-0.25, -0.2) is 9.37 Å². The third kappa shape index (κ3) is 6.41. The minimum absolute atomic E-state index is 0.0344. The van der Waals surface area contributed by atoms with Crippen LogP contribution in [0.3, 0.4) is 0 Å². The van der Waals surface area contributed by atoms with Crippen molar-refractivity contribution < 1.29 is 28.6 Å². The number of hydrogen-bond donors (Lipinski definition) is 1. The standard InChI is InChI=1S/C31H32FN3O5/c1-20-17-35(21(2)19-36)31(38)26-15-23(10-9-22-11-13-24(39-4)14-12-22)16-33-29(26)40-28(20)18-34(3)30(37)25-7-5-6-8-27(25)32/h5-8,11-16,20-21,28,36H,17-19H2,1-4H3/t20-,21-,28-/m0/s1. The van der Waals surface area contributed by atoms with E-state index in [1.54, 1.807) is 38.1 Å². The number of amides is 2. The number of aromatic nitrogens is 1. The molecule has 40 heavy (non-hydrogen) atoms. The van der Waals surface area contributed by atoms with Gasteiger partial charge in [0.1, 0.15) is 23.2 Å². The largest absolute Gasteiger partial charge is 0.497 e. The Morgan fingerprint density at radius 3 is 2.60 bits per heavy atom. The van der Waals surface area contributed by atoms with E-state index in [1.165, 1.54) is 29.3 Å². The Morgan fingerprint density at radius 2 is 1.93 bits per heavy atom. The molecule has 1 aliphatic rings. The number of rotatable bonds is 6. The average Bonchev–Trinajstić information content (AvgIpc) is 2.97. The lowest BCUT2D eigenvalue weighted by Gasteiger charge is -2.37. The van der Waals surface area contributed by atoms with Gasteiger partial charge in [0.15, 0.2) is 0 Å². The summed E-state index contributed by atoms with van der Waals surface area (Å²) in [6.07, 6.45) is 0.963. The summed E-state index contributed by atoms with van der Waals surface area (Å²) in [5.41, 5.74) is 1.46. The Morgan fingerprint density at radius 1 is 1.23 bits per heavy atom. The average molecular weight is 546 g/mol. The molecular weight excluding hydrogens is 513 g/mol. The highest BCUT2D eigenvalue weighted by Gasteiger charge is 2.35. The van der Waals surface area contributed by atoms with Crippen LogP contribution in [0.15, 0.2) is 60.8 Å². The molecule has 3 aromatic rings. The molecule has 3 atom stereocenters. The molecule has 1 aromatic heterocycles. The fourth-order valence-corrected chi connectivity index (χ4v) is 4.40. The van der Waals surface area contributed by atoms with Crippen LogP contribution in [0.1, 0.15) is 45.7 Å². The Balaban J connectivity index is 1.65. The summed E-state index contributed by atoms with van der Waals surface area (Å²) < 4.78 is 25.7. The normalized spacial score (nSPS) is 17.4. The maximum Gasteiger partial charge on any atom is 0.259 e. The third-order valence-corrected chi connectivity index (χ3v) is 6.87. The number of carbonyl (C=O) groups excluding carboxylic acids is 2. The first-order valence-electron chi connectivity index (χ1n) is 13.0. The zero-order valence-corrected chi connectivity index (χ0v) is 22.9. The lowest BCUT2D eigenvalue weighted by atomic mass is 9.99. The molecule has 4 rings (SSSR count). The molecule has 2 amide bonds. The Kier molecular flexibility index (Phi) is 9.02. The van der Waals surface area contributed by atoms with E-state index in [1.807, 2.05) is 31.2 Å². The van der Waals surface area contributed by atoms with E-state index in [2.05, 4.69) is 16.8 Å². The van der Waals surface area contributed by atoms with Gasteiger partial charge in [0.25, 0.3) is 11.8 Å². The number of ether oxygens (including phenoxy) is 2. The van der Waals surface area contributed by atoms with Crippen LogP contribution in [0.5, 0.6) is 11.6 Å². The number of fused-ring (bicyclic) bond motifs is 1. The Labute approximate surface area is 233 Å².